The Morgan fingerprint density at radius 1 is 1.33 bits per heavy atom. The van der Waals surface area contributed by atoms with Gasteiger partial charge < -0.3 is 10.6 Å². The highest BCUT2D eigenvalue weighted by molar-refractivity contribution is 5.93. The molecule has 0 spiro atoms. The quantitative estimate of drug-likeness (QED) is 0.856. The van der Waals surface area contributed by atoms with Crippen LogP contribution < -0.4 is 10.6 Å². The standard InChI is InChI=1S/C15H23N5O/c1-5-11(4)16-9-14(21)19-13-6-12-7-18-20(10(2)3)15(12)17-8-13/h6-8,10-11,16H,5,9H2,1-4H3,(H,19,21). The zero-order chi connectivity index (χ0) is 15.4. The van der Waals surface area contributed by atoms with Gasteiger partial charge in [0.1, 0.15) is 0 Å². The van der Waals surface area contributed by atoms with Gasteiger partial charge >= 0.3 is 0 Å². The highest BCUT2D eigenvalue weighted by atomic mass is 16.1. The van der Waals surface area contributed by atoms with Crippen LogP contribution in [-0.4, -0.2) is 33.3 Å². The van der Waals surface area contributed by atoms with Crippen LogP contribution in [0, 0.1) is 0 Å². The van der Waals surface area contributed by atoms with Crippen LogP contribution in [0.25, 0.3) is 11.0 Å². The fraction of sp³-hybridized carbons (Fsp3) is 0.533. The normalized spacial score (nSPS) is 12.8. The van der Waals surface area contributed by atoms with Gasteiger partial charge in [0, 0.05) is 17.5 Å². The second-order valence-corrected chi connectivity index (χ2v) is 5.56. The van der Waals surface area contributed by atoms with E-state index >= 15 is 0 Å². The Hall–Kier alpha value is -1.95. The van der Waals surface area contributed by atoms with Crippen LogP contribution >= 0.6 is 0 Å². The molecule has 2 aromatic rings. The van der Waals surface area contributed by atoms with Gasteiger partial charge in [-0.05, 0) is 33.3 Å². The molecular formula is C15H23N5O. The number of pyridine rings is 1. The third-order valence-electron chi connectivity index (χ3n) is 3.43. The van der Waals surface area contributed by atoms with E-state index in [0.717, 1.165) is 17.5 Å². The smallest absolute Gasteiger partial charge is 0.238 e. The lowest BCUT2D eigenvalue weighted by Crippen LogP contribution is -2.33. The molecule has 0 saturated carbocycles. The minimum atomic E-state index is -0.0623. The maximum Gasteiger partial charge on any atom is 0.238 e. The average Bonchev–Trinajstić information content (AvgIpc) is 2.88. The molecule has 0 bridgehead atoms. The molecule has 0 saturated heterocycles. The fourth-order valence-electron chi connectivity index (χ4n) is 2.00. The van der Waals surface area contributed by atoms with E-state index < -0.39 is 0 Å². The summed E-state index contributed by atoms with van der Waals surface area (Å²) in [4.78, 5) is 16.3. The maximum atomic E-state index is 11.9. The van der Waals surface area contributed by atoms with Crippen LogP contribution in [0.3, 0.4) is 0 Å². The van der Waals surface area contributed by atoms with Gasteiger partial charge in [0.2, 0.25) is 5.91 Å². The number of carbonyl (C=O) groups excluding carboxylic acids is 1. The third-order valence-corrected chi connectivity index (χ3v) is 3.43. The van der Waals surface area contributed by atoms with Gasteiger partial charge in [-0.25, -0.2) is 9.67 Å². The fourth-order valence-corrected chi connectivity index (χ4v) is 2.00. The first kappa shape index (κ1) is 15.4. The first-order valence-corrected chi connectivity index (χ1v) is 7.37. The zero-order valence-electron chi connectivity index (χ0n) is 13.1. The van der Waals surface area contributed by atoms with Crippen molar-refractivity contribution in [1.29, 1.82) is 0 Å². The van der Waals surface area contributed by atoms with Crippen molar-refractivity contribution in [2.24, 2.45) is 0 Å². The summed E-state index contributed by atoms with van der Waals surface area (Å²) >= 11 is 0. The number of anilines is 1. The summed E-state index contributed by atoms with van der Waals surface area (Å²) in [6.07, 6.45) is 4.44. The van der Waals surface area contributed by atoms with E-state index in [1.807, 2.05) is 10.7 Å². The summed E-state index contributed by atoms with van der Waals surface area (Å²) in [5.74, 6) is -0.0623. The van der Waals surface area contributed by atoms with Crippen molar-refractivity contribution >= 4 is 22.6 Å². The number of aromatic nitrogens is 3. The number of carbonyl (C=O) groups is 1. The Labute approximate surface area is 124 Å². The molecule has 6 heteroatoms. The van der Waals surface area contributed by atoms with Gasteiger partial charge in [0.15, 0.2) is 5.65 Å². The van der Waals surface area contributed by atoms with Crippen molar-refractivity contribution in [2.75, 3.05) is 11.9 Å². The van der Waals surface area contributed by atoms with Crippen molar-refractivity contribution in [3.63, 3.8) is 0 Å². The molecular weight excluding hydrogens is 266 g/mol. The Morgan fingerprint density at radius 2 is 2.10 bits per heavy atom. The van der Waals surface area contributed by atoms with Crippen LogP contribution in [-0.2, 0) is 4.79 Å². The molecule has 1 amide bonds. The van der Waals surface area contributed by atoms with E-state index in [9.17, 15) is 4.79 Å². The molecule has 2 N–H and O–H groups in total. The van der Waals surface area contributed by atoms with Crippen LogP contribution in [0.2, 0.25) is 0 Å². The summed E-state index contributed by atoms with van der Waals surface area (Å²) in [7, 11) is 0. The number of rotatable bonds is 6. The minimum Gasteiger partial charge on any atom is -0.324 e. The Morgan fingerprint density at radius 3 is 2.76 bits per heavy atom. The molecule has 0 aliphatic heterocycles. The first-order valence-electron chi connectivity index (χ1n) is 7.37. The Balaban J connectivity index is 2.04. The first-order chi connectivity index (χ1) is 10.0. The summed E-state index contributed by atoms with van der Waals surface area (Å²) in [5, 5.41) is 11.3. The number of amides is 1. The lowest BCUT2D eigenvalue weighted by atomic mass is 10.2. The minimum absolute atomic E-state index is 0.0623. The Kier molecular flexibility index (Phi) is 4.90. The maximum absolute atomic E-state index is 11.9. The SMILES string of the molecule is CCC(C)NCC(=O)Nc1cnc2c(cnn2C(C)C)c1. The Bertz CT molecular complexity index is 620. The topological polar surface area (TPSA) is 71.8 Å². The third kappa shape index (κ3) is 3.78. The molecule has 0 aromatic carbocycles. The van der Waals surface area contributed by atoms with Crippen LogP contribution in [0.4, 0.5) is 5.69 Å². The number of nitrogens with one attached hydrogen (secondary N) is 2. The largest absolute Gasteiger partial charge is 0.324 e. The van der Waals surface area contributed by atoms with Gasteiger partial charge in [-0.3, -0.25) is 4.79 Å². The molecule has 114 valence electrons. The number of nitrogens with zero attached hydrogens (tertiary/aromatic N) is 3. The highest BCUT2D eigenvalue weighted by Crippen LogP contribution is 2.18. The van der Waals surface area contributed by atoms with E-state index in [1.165, 1.54) is 0 Å². The number of fused-ring (bicyclic) bond motifs is 1. The molecule has 1 unspecified atom stereocenters. The average molecular weight is 289 g/mol. The summed E-state index contributed by atoms with van der Waals surface area (Å²) in [6.45, 7) is 8.56. The van der Waals surface area contributed by atoms with Crippen LogP contribution in [0.15, 0.2) is 18.5 Å². The van der Waals surface area contributed by atoms with Crippen molar-refractivity contribution < 1.29 is 4.79 Å². The summed E-state index contributed by atoms with van der Waals surface area (Å²) in [5.41, 5.74) is 1.53. The molecule has 0 aliphatic rings. The van der Waals surface area contributed by atoms with Gasteiger partial charge in [-0.15, -0.1) is 0 Å². The van der Waals surface area contributed by atoms with E-state index in [4.69, 9.17) is 0 Å². The lowest BCUT2D eigenvalue weighted by molar-refractivity contribution is -0.115. The van der Waals surface area contributed by atoms with E-state index in [-0.39, 0.29) is 11.9 Å². The molecule has 0 aliphatic carbocycles. The monoisotopic (exact) mass is 289 g/mol. The molecule has 21 heavy (non-hydrogen) atoms. The van der Waals surface area contributed by atoms with E-state index in [1.54, 1.807) is 12.4 Å². The summed E-state index contributed by atoms with van der Waals surface area (Å²) in [6, 6.07) is 2.49. The summed E-state index contributed by atoms with van der Waals surface area (Å²) < 4.78 is 1.87. The van der Waals surface area contributed by atoms with Crippen LogP contribution in [0.1, 0.15) is 40.2 Å². The second kappa shape index (κ2) is 6.67. The van der Waals surface area contributed by atoms with Gasteiger partial charge in [-0.2, -0.15) is 5.10 Å². The molecule has 1 atom stereocenters. The molecule has 2 rings (SSSR count). The van der Waals surface area contributed by atoms with E-state index in [0.29, 0.717) is 18.3 Å². The predicted octanol–water partition coefficient (Wildman–Crippen LogP) is 2.34. The van der Waals surface area contributed by atoms with Crippen molar-refractivity contribution in [2.45, 2.75) is 46.2 Å². The molecule has 2 aromatic heterocycles. The van der Waals surface area contributed by atoms with Gasteiger partial charge in [-0.1, -0.05) is 6.92 Å². The van der Waals surface area contributed by atoms with E-state index in [2.05, 4.69) is 48.4 Å². The molecule has 0 fully saturated rings. The highest BCUT2D eigenvalue weighted by Gasteiger charge is 2.09. The molecule has 0 radical (unpaired) electrons. The molecule has 6 nitrogen and oxygen atoms in total. The lowest BCUT2D eigenvalue weighted by Gasteiger charge is -2.11. The van der Waals surface area contributed by atoms with Crippen molar-refractivity contribution in [1.82, 2.24) is 20.1 Å². The zero-order valence-corrected chi connectivity index (χ0v) is 13.1. The van der Waals surface area contributed by atoms with Crippen LogP contribution in [0.5, 0.6) is 0 Å². The van der Waals surface area contributed by atoms with Gasteiger partial charge in [0.05, 0.1) is 24.6 Å². The van der Waals surface area contributed by atoms with Crippen molar-refractivity contribution in [3.8, 4) is 0 Å². The van der Waals surface area contributed by atoms with Crippen molar-refractivity contribution in [3.05, 3.63) is 18.5 Å². The van der Waals surface area contributed by atoms with Gasteiger partial charge in [0.25, 0.3) is 0 Å². The number of hydrogen-bond acceptors (Lipinski definition) is 4. The predicted molar refractivity (Wildman–Crippen MR) is 84.3 cm³/mol. The number of hydrogen-bond donors (Lipinski definition) is 2. The second-order valence-electron chi connectivity index (χ2n) is 5.56. The molecule has 2 heterocycles.